The zero-order chi connectivity index (χ0) is 22.1. The molecule has 2 aromatic carbocycles. The summed E-state index contributed by atoms with van der Waals surface area (Å²) in [7, 11) is 0. The van der Waals surface area contributed by atoms with Gasteiger partial charge in [-0.3, -0.25) is 4.98 Å². The average molecular weight is 552 g/mol. The van der Waals surface area contributed by atoms with E-state index in [1.54, 1.807) is 30.3 Å². The minimum atomic E-state index is -4.39. The van der Waals surface area contributed by atoms with Crippen LogP contribution in [0.2, 0.25) is 0 Å². The summed E-state index contributed by atoms with van der Waals surface area (Å²) in [6.45, 7) is 0. The first-order chi connectivity index (χ1) is 13.9. The fourth-order valence-electron chi connectivity index (χ4n) is 2.62. The summed E-state index contributed by atoms with van der Waals surface area (Å²) in [5.41, 5.74) is -0.855. The molecule has 0 spiro atoms. The van der Waals surface area contributed by atoms with E-state index in [4.69, 9.17) is 0 Å². The van der Waals surface area contributed by atoms with E-state index in [0.29, 0.717) is 25.4 Å². The molecule has 4 rings (SSSR count). The van der Waals surface area contributed by atoms with Gasteiger partial charge in [0.25, 0.3) is 0 Å². The average Bonchev–Trinajstić information content (AvgIpc) is 2.65. The second-order valence-electron chi connectivity index (χ2n) is 6.05. The molecule has 0 atom stereocenters. The van der Waals surface area contributed by atoms with Crippen LogP contribution in [0.25, 0.3) is 21.8 Å². The third kappa shape index (κ3) is 5.28. The van der Waals surface area contributed by atoms with Gasteiger partial charge in [0.1, 0.15) is 5.69 Å². The summed E-state index contributed by atoms with van der Waals surface area (Å²) in [4.78, 5) is 7.44. The molecule has 4 aromatic rings. The highest BCUT2D eigenvalue weighted by Gasteiger charge is 2.33. The Morgan fingerprint density at radius 1 is 0.667 bits per heavy atom. The van der Waals surface area contributed by atoms with Crippen molar-refractivity contribution in [2.75, 3.05) is 0 Å². The SMILES string of the molecule is FC(F)(F)c1ccc2ccc(Br)cc2n1.FC(F)(F)c1ccnc2cc(Br)ccc12. The van der Waals surface area contributed by atoms with Gasteiger partial charge in [-0.25, -0.2) is 4.98 Å². The summed E-state index contributed by atoms with van der Waals surface area (Å²) in [6, 6.07) is 13.0. The van der Waals surface area contributed by atoms with Crippen LogP contribution < -0.4 is 0 Å². The Labute approximate surface area is 183 Å². The van der Waals surface area contributed by atoms with Crippen molar-refractivity contribution in [2.45, 2.75) is 12.4 Å². The fraction of sp³-hybridized carbons (Fsp3) is 0.100. The highest BCUT2D eigenvalue weighted by molar-refractivity contribution is 9.10. The molecule has 0 aliphatic heterocycles. The monoisotopic (exact) mass is 550 g/mol. The topological polar surface area (TPSA) is 25.8 Å². The highest BCUT2D eigenvalue weighted by atomic mass is 79.9. The van der Waals surface area contributed by atoms with E-state index in [-0.39, 0.29) is 5.39 Å². The Balaban J connectivity index is 0.000000171. The largest absolute Gasteiger partial charge is 0.433 e. The molecule has 0 N–H and O–H groups in total. The molecule has 2 heterocycles. The number of benzene rings is 2. The summed E-state index contributed by atoms with van der Waals surface area (Å²) in [6.07, 6.45) is -7.57. The molecule has 0 saturated carbocycles. The van der Waals surface area contributed by atoms with Gasteiger partial charge in [0.05, 0.1) is 16.6 Å². The molecule has 0 bridgehead atoms. The Kier molecular flexibility index (Phi) is 6.37. The fourth-order valence-corrected chi connectivity index (χ4v) is 3.31. The van der Waals surface area contributed by atoms with E-state index in [2.05, 4.69) is 41.8 Å². The van der Waals surface area contributed by atoms with Crippen LogP contribution in [0.3, 0.4) is 0 Å². The van der Waals surface area contributed by atoms with Gasteiger partial charge >= 0.3 is 12.4 Å². The molecule has 2 nitrogen and oxygen atoms in total. The Hall–Kier alpha value is -2.20. The maximum absolute atomic E-state index is 12.6. The molecule has 0 saturated heterocycles. The third-order valence-electron chi connectivity index (χ3n) is 3.95. The second-order valence-corrected chi connectivity index (χ2v) is 7.88. The van der Waals surface area contributed by atoms with Crippen LogP contribution in [0.4, 0.5) is 26.3 Å². The van der Waals surface area contributed by atoms with Crippen molar-refractivity contribution in [3.8, 4) is 0 Å². The molecule has 10 heteroatoms. The predicted octanol–water partition coefficient (Wildman–Crippen LogP) is 8.03. The van der Waals surface area contributed by atoms with Gasteiger partial charge < -0.3 is 0 Å². The number of halogens is 8. The first-order valence-electron chi connectivity index (χ1n) is 8.20. The van der Waals surface area contributed by atoms with Crippen molar-refractivity contribution in [3.05, 3.63) is 81.0 Å². The zero-order valence-electron chi connectivity index (χ0n) is 14.7. The van der Waals surface area contributed by atoms with E-state index in [0.717, 1.165) is 18.3 Å². The molecule has 2 aromatic heterocycles. The lowest BCUT2D eigenvalue weighted by atomic mass is 10.1. The first kappa shape index (κ1) is 22.5. The lowest BCUT2D eigenvalue weighted by Crippen LogP contribution is -2.07. The maximum atomic E-state index is 12.6. The van der Waals surface area contributed by atoms with Gasteiger partial charge in [-0.05, 0) is 36.4 Å². The number of hydrogen-bond acceptors (Lipinski definition) is 2. The van der Waals surface area contributed by atoms with Crippen LogP contribution in [0.5, 0.6) is 0 Å². The Morgan fingerprint density at radius 3 is 1.90 bits per heavy atom. The first-order valence-corrected chi connectivity index (χ1v) is 9.79. The van der Waals surface area contributed by atoms with Gasteiger partial charge in [-0.1, -0.05) is 50.1 Å². The maximum Gasteiger partial charge on any atom is 0.433 e. The van der Waals surface area contributed by atoms with Gasteiger partial charge in [0.15, 0.2) is 0 Å². The van der Waals surface area contributed by atoms with Crippen LogP contribution in [0, 0.1) is 0 Å². The second kappa shape index (κ2) is 8.50. The number of hydrogen-bond donors (Lipinski definition) is 0. The number of rotatable bonds is 0. The molecule has 0 aliphatic rings. The van der Waals surface area contributed by atoms with E-state index >= 15 is 0 Å². The van der Waals surface area contributed by atoms with Crippen molar-refractivity contribution in [1.82, 2.24) is 9.97 Å². The highest BCUT2D eigenvalue weighted by Crippen LogP contribution is 2.34. The van der Waals surface area contributed by atoms with E-state index in [9.17, 15) is 26.3 Å². The van der Waals surface area contributed by atoms with Crippen LogP contribution in [-0.2, 0) is 12.4 Å². The molecule has 0 aliphatic carbocycles. The van der Waals surface area contributed by atoms with Crippen molar-refractivity contribution in [2.24, 2.45) is 0 Å². The smallest absolute Gasteiger partial charge is 0.256 e. The molecule has 0 amide bonds. The summed E-state index contributed by atoms with van der Waals surface area (Å²) >= 11 is 6.37. The number of aromatic nitrogens is 2. The minimum absolute atomic E-state index is 0.119. The molecule has 30 heavy (non-hydrogen) atoms. The lowest BCUT2D eigenvalue weighted by Gasteiger charge is -2.09. The summed E-state index contributed by atoms with van der Waals surface area (Å²) in [5, 5.41) is 0.805. The summed E-state index contributed by atoms with van der Waals surface area (Å²) in [5.74, 6) is 0. The van der Waals surface area contributed by atoms with Crippen LogP contribution in [0.1, 0.15) is 11.3 Å². The standard InChI is InChI=1S/2C10H5BrF3N/c11-7-3-1-6-2-4-9(10(12,13)14)15-8(6)5-7;11-6-1-2-7-8(10(12,13)14)3-4-15-9(7)5-6/h2*1-5H. The van der Waals surface area contributed by atoms with Crippen LogP contribution in [-0.4, -0.2) is 9.97 Å². The number of fused-ring (bicyclic) bond motifs is 2. The van der Waals surface area contributed by atoms with Gasteiger partial charge in [-0.15, -0.1) is 0 Å². The van der Waals surface area contributed by atoms with E-state index in [1.807, 2.05) is 0 Å². The molecule has 0 radical (unpaired) electrons. The van der Waals surface area contributed by atoms with Gasteiger partial charge in [0, 0.05) is 25.9 Å². The van der Waals surface area contributed by atoms with Crippen molar-refractivity contribution < 1.29 is 26.3 Å². The van der Waals surface area contributed by atoms with Crippen LogP contribution in [0.15, 0.2) is 69.7 Å². The quantitative estimate of drug-likeness (QED) is 0.207. The molecular weight excluding hydrogens is 542 g/mol. The lowest BCUT2D eigenvalue weighted by molar-refractivity contribution is -0.141. The predicted molar refractivity (Wildman–Crippen MR) is 109 cm³/mol. The zero-order valence-corrected chi connectivity index (χ0v) is 17.9. The third-order valence-corrected chi connectivity index (χ3v) is 4.94. The number of pyridine rings is 2. The minimum Gasteiger partial charge on any atom is -0.256 e. The molecule has 156 valence electrons. The van der Waals surface area contributed by atoms with Crippen LogP contribution >= 0.6 is 31.9 Å². The van der Waals surface area contributed by atoms with Crippen molar-refractivity contribution in [1.29, 1.82) is 0 Å². The Bertz CT molecular complexity index is 1200. The van der Waals surface area contributed by atoms with Gasteiger partial charge in [-0.2, -0.15) is 26.3 Å². The van der Waals surface area contributed by atoms with Crippen molar-refractivity contribution in [3.63, 3.8) is 0 Å². The van der Waals surface area contributed by atoms with Gasteiger partial charge in [0.2, 0.25) is 0 Å². The van der Waals surface area contributed by atoms with Crippen molar-refractivity contribution >= 4 is 53.7 Å². The molecule has 0 unspecified atom stereocenters. The molecule has 0 fully saturated rings. The number of nitrogens with zero attached hydrogens (tertiary/aromatic N) is 2. The molecular formula is C20H10Br2F6N2. The Morgan fingerprint density at radius 2 is 1.27 bits per heavy atom. The van der Waals surface area contributed by atoms with E-state index < -0.39 is 23.6 Å². The summed E-state index contributed by atoms with van der Waals surface area (Å²) < 4.78 is 76.2. The number of alkyl halides is 6. The normalized spacial score (nSPS) is 12.0. The van der Waals surface area contributed by atoms with E-state index in [1.165, 1.54) is 12.1 Å².